The number of aliphatic hydroxyl groups is 1. The highest BCUT2D eigenvalue weighted by Crippen LogP contribution is 2.35. The minimum Gasteiger partial charge on any atom is -0.388 e. The van der Waals surface area contributed by atoms with Gasteiger partial charge in [-0.2, -0.15) is 13.2 Å². The molecule has 1 aromatic heterocycles. The molecule has 1 unspecified atom stereocenters. The molecular weight excluding hydrogens is 227 g/mol. The lowest BCUT2D eigenvalue weighted by Crippen LogP contribution is -2.11. The molecular formula is C9H10F3NOS. The van der Waals surface area contributed by atoms with E-state index in [2.05, 4.69) is 4.98 Å². The average Bonchev–Trinajstić information content (AvgIpc) is 2.45. The molecule has 15 heavy (non-hydrogen) atoms. The van der Waals surface area contributed by atoms with Crippen molar-refractivity contribution in [3.8, 4) is 0 Å². The molecule has 0 bridgehead atoms. The number of fused-ring (bicyclic) bond motifs is 1. The number of halogens is 3. The van der Waals surface area contributed by atoms with Gasteiger partial charge in [0, 0.05) is 0 Å². The normalized spacial score (nSPS) is 21.5. The summed E-state index contributed by atoms with van der Waals surface area (Å²) >= 11 is 0.989. The van der Waals surface area contributed by atoms with Crippen LogP contribution in [0.1, 0.15) is 34.5 Å². The van der Waals surface area contributed by atoms with Crippen molar-refractivity contribution in [2.45, 2.75) is 38.0 Å². The van der Waals surface area contributed by atoms with Crippen molar-refractivity contribution in [1.82, 2.24) is 4.98 Å². The summed E-state index contributed by atoms with van der Waals surface area (Å²) in [7, 11) is 0. The standard InChI is InChI=1S/C9H10F3NOS/c10-9(11,12)4-7-13-5-2-1-3-6(14)8(5)15-7/h6,14H,1-4H2. The minimum absolute atomic E-state index is 0.0634. The van der Waals surface area contributed by atoms with E-state index in [1.165, 1.54) is 0 Å². The second kappa shape index (κ2) is 3.75. The number of hydrogen-bond acceptors (Lipinski definition) is 3. The zero-order chi connectivity index (χ0) is 11.1. The van der Waals surface area contributed by atoms with Gasteiger partial charge in [0.2, 0.25) is 0 Å². The van der Waals surface area contributed by atoms with Crippen LogP contribution in [0.3, 0.4) is 0 Å². The number of nitrogens with zero attached hydrogens (tertiary/aromatic N) is 1. The SMILES string of the molecule is OC1CCCc2nc(CC(F)(F)F)sc21. The second-order valence-electron chi connectivity index (χ2n) is 3.62. The Kier molecular flexibility index (Phi) is 2.72. The van der Waals surface area contributed by atoms with Gasteiger partial charge in [-0.1, -0.05) is 0 Å². The van der Waals surface area contributed by atoms with Crippen LogP contribution in [-0.2, 0) is 12.8 Å². The number of alkyl halides is 3. The molecule has 0 amide bonds. The summed E-state index contributed by atoms with van der Waals surface area (Å²) in [5.74, 6) is 0. The van der Waals surface area contributed by atoms with Crippen molar-refractivity contribution in [2.24, 2.45) is 0 Å². The van der Waals surface area contributed by atoms with Gasteiger partial charge in [-0.05, 0) is 19.3 Å². The lowest BCUT2D eigenvalue weighted by atomic mass is 10.0. The maximum Gasteiger partial charge on any atom is 0.395 e. The number of aryl methyl sites for hydroxylation is 1. The van der Waals surface area contributed by atoms with Crippen molar-refractivity contribution in [3.05, 3.63) is 15.6 Å². The fourth-order valence-electron chi connectivity index (χ4n) is 1.69. The first kappa shape index (κ1) is 10.9. The van der Waals surface area contributed by atoms with Gasteiger partial charge in [-0.25, -0.2) is 4.98 Å². The Balaban J connectivity index is 2.22. The summed E-state index contributed by atoms with van der Waals surface area (Å²) in [5.41, 5.74) is 0.651. The molecule has 0 saturated carbocycles. The Morgan fingerprint density at radius 1 is 1.47 bits per heavy atom. The molecule has 1 N–H and O–H groups in total. The highest BCUT2D eigenvalue weighted by atomic mass is 32.1. The number of thiazole rings is 1. The van der Waals surface area contributed by atoms with Crippen LogP contribution in [-0.4, -0.2) is 16.3 Å². The van der Waals surface area contributed by atoms with Crippen molar-refractivity contribution in [1.29, 1.82) is 0 Å². The van der Waals surface area contributed by atoms with Gasteiger partial charge in [-0.15, -0.1) is 11.3 Å². The van der Waals surface area contributed by atoms with E-state index >= 15 is 0 Å². The molecule has 0 fully saturated rings. The van der Waals surface area contributed by atoms with Crippen LogP contribution in [0.4, 0.5) is 13.2 Å². The number of aromatic nitrogens is 1. The largest absolute Gasteiger partial charge is 0.395 e. The van der Waals surface area contributed by atoms with Crippen LogP contribution in [0.25, 0.3) is 0 Å². The smallest absolute Gasteiger partial charge is 0.388 e. The van der Waals surface area contributed by atoms with Gasteiger partial charge in [0.1, 0.15) is 5.01 Å². The molecule has 2 nitrogen and oxygen atoms in total. The molecule has 0 aliphatic heterocycles. The Morgan fingerprint density at radius 3 is 2.80 bits per heavy atom. The average molecular weight is 237 g/mol. The number of hydrogen-bond donors (Lipinski definition) is 1. The third kappa shape index (κ3) is 2.49. The Hall–Kier alpha value is -0.620. The quantitative estimate of drug-likeness (QED) is 0.814. The predicted octanol–water partition coefficient (Wildman–Crippen LogP) is 2.62. The van der Waals surface area contributed by atoms with E-state index in [4.69, 9.17) is 0 Å². The fourth-order valence-corrected chi connectivity index (χ4v) is 2.86. The van der Waals surface area contributed by atoms with Gasteiger partial charge in [0.25, 0.3) is 0 Å². The van der Waals surface area contributed by atoms with E-state index in [-0.39, 0.29) is 5.01 Å². The molecule has 2 rings (SSSR count). The number of rotatable bonds is 1. The highest BCUT2D eigenvalue weighted by molar-refractivity contribution is 7.11. The maximum absolute atomic E-state index is 12.1. The summed E-state index contributed by atoms with van der Waals surface area (Å²) in [6, 6.07) is 0. The molecule has 6 heteroatoms. The molecule has 1 atom stereocenters. The van der Waals surface area contributed by atoms with E-state index in [1.807, 2.05) is 0 Å². The van der Waals surface area contributed by atoms with Crippen LogP contribution in [0.5, 0.6) is 0 Å². The first-order valence-corrected chi connectivity index (χ1v) is 5.50. The molecule has 84 valence electrons. The highest BCUT2D eigenvalue weighted by Gasteiger charge is 2.31. The fraction of sp³-hybridized carbons (Fsp3) is 0.667. The monoisotopic (exact) mass is 237 g/mol. The summed E-state index contributed by atoms with van der Waals surface area (Å²) in [6.45, 7) is 0. The van der Waals surface area contributed by atoms with Gasteiger partial charge in [-0.3, -0.25) is 0 Å². The molecule has 0 saturated heterocycles. The van der Waals surface area contributed by atoms with E-state index in [9.17, 15) is 18.3 Å². The lowest BCUT2D eigenvalue weighted by molar-refractivity contribution is -0.127. The van der Waals surface area contributed by atoms with Crippen LogP contribution in [0.15, 0.2) is 0 Å². The van der Waals surface area contributed by atoms with Gasteiger partial charge < -0.3 is 5.11 Å². The van der Waals surface area contributed by atoms with Crippen LogP contribution in [0.2, 0.25) is 0 Å². The third-order valence-corrected chi connectivity index (χ3v) is 3.52. The van der Waals surface area contributed by atoms with Crippen molar-refractivity contribution >= 4 is 11.3 Å². The summed E-state index contributed by atoms with van der Waals surface area (Å²) in [4.78, 5) is 4.55. The zero-order valence-corrected chi connectivity index (χ0v) is 8.66. The topological polar surface area (TPSA) is 33.1 Å². The molecule has 1 aliphatic carbocycles. The van der Waals surface area contributed by atoms with E-state index in [1.54, 1.807) is 0 Å². The van der Waals surface area contributed by atoms with Crippen molar-refractivity contribution in [2.75, 3.05) is 0 Å². The molecule has 0 spiro atoms. The first-order valence-electron chi connectivity index (χ1n) is 4.69. The van der Waals surface area contributed by atoms with Gasteiger partial charge in [0.05, 0.1) is 23.1 Å². The molecule has 0 aromatic carbocycles. The molecule has 0 radical (unpaired) electrons. The van der Waals surface area contributed by atoms with Crippen molar-refractivity contribution < 1.29 is 18.3 Å². The Labute approximate surface area is 88.8 Å². The lowest BCUT2D eigenvalue weighted by Gasteiger charge is -2.14. The van der Waals surface area contributed by atoms with Gasteiger partial charge in [0.15, 0.2) is 0 Å². The molecule has 1 aliphatic rings. The maximum atomic E-state index is 12.1. The van der Waals surface area contributed by atoms with E-state index < -0.39 is 18.7 Å². The van der Waals surface area contributed by atoms with Crippen LogP contribution < -0.4 is 0 Å². The number of aliphatic hydroxyl groups excluding tert-OH is 1. The first-order chi connectivity index (χ1) is 6.96. The van der Waals surface area contributed by atoms with Crippen LogP contribution in [0, 0.1) is 0 Å². The minimum atomic E-state index is -4.22. The van der Waals surface area contributed by atoms with Gasteiger partial charge >= 0.3 is 6.18 Å². The Bertz CT molecular complexity index is 361. The molecule has 1 aromatic rings. The van der Waals surface area contributed by atoms with E-state index in [0.717, 1.165) is 17.8 Å². The van der Waals surface area contributed by atoms with Crippen molar-refractivity contribution in [3.63, 3.8) is 0 Å². The summed E-state index contributed by atoms with van der Waals surface area (Å²) < 4.78 is 36.3. The Morgan fingerprint density at radius 2 is 2.20 bits per heavy atom. The second-order valence-corrected chi connectivity index (χ2v) is 4.73. The zero-order valence-electron chi connectivity index (χ0n) is 7.84. The summed E-state index contributed by atoms with van der Waals surface area (Å²) in [6.07, 6.45) is -3.72. The summed E-state index contributed by atoms with van der Waals surface area (Å²) in [5, 5.41) is 9.63. The predicted molar refractivity (Wildman–Crippen MR) is 49.8 cm³/mol. The van der Waals surface area contributed by atoms with E-state index in [0.29, 0.717) is 23.4 Å². The third-order valence-electron chi connectivity index (χ3n) is 2.32. The molecule has 1 heterocycles. The van der Waals surface area contributed by atoms with Crippen LogP contribution >= 0.6 is 11.3 Å².